The number of rotatable bonds is 7. The average Bonchev–Trinajstić information content (AvgIpc) is 2.55. The van der Waals surface area contributed by atoms with Gasteiger partial charge in [-0.2, -0.15) is 8.78 Å². The number of anilines is 1. The van der Waals surface area contributed by atoms with Crippen molar-refractivity contribution in [3.05, 3.63) is 29.3 Å². The molecule has 1 N–H and O–H groups in total. The number of nitrogens with zero attached hydrogens (tertiary/aromatic N) is 1. The van der Waals surface area contributed by atoms with Gasteiger partial charge in [0, 0.05) is 18.0 Å². The molecule has 130 valence electrons. The van der Waals surface area contributed by atoms with Gasteiger partial charge in [0.1, 0.15) is 0 Å². The third-order valence-electron chi connectivity index (χ3n) is 3.44. The van der Waals surface area contributed by atoms with E-state index in [9.17, 15) is 23.2 Å². The number of carbonyl (C=O) groups excluding carboxylic acids is 2. The van der Waals surface area contributed by atoms with Gasteiger partial charge in [-0.25, -0.2) is 4.79 Å². The minimum Gasteiger partial charge on any atom is -0.481 e. The summed E-state index contributed by atoms with van der Waals surface area (Å²) in [6, 6.07) is 4.13. The standard InChI is InChI=1S/C15H14ClF2NO5/c16-7-10-4-3-9(13(22)24-5-1-2-12(20)21)6-11(10)19-8-15(17,18)14(19)23/h3-4,6H,1-2,5,7-8H2,(H,20,21). The molecule has 6 nitrogen and oxygen atoms in total. The monoisotopic (exact) mass is 361 g/mol. The number of hydrogen-bond donors (Lipinski definition) is 1. The summed E-state index contributed by atoms with van der Waals surface area (Å²) in [5, 5.41) is 8.50. The highest BCUT2D eigenvalue weighted by molar-refractivity contribution is 6.18. The van der Waals surface area contributed by atoms with Crippen LogP contribution in [0.15, 0.2) is 18.2 Å². The highest BCUT2D eigenvalue weighted by Crippen LogP contribution is 2.36. The predicted octanol–water partition coefficient (Wildman–Crippen LogP) is 2.43. The summed E-state index contributed by atoms with van der Waals surface area (Å²) < 4.78 is 31.1. The summed E-state index contributed by atoms with van der Waals surface area (Å²) >= 11 is 5.74. The number of benzene rings is 1. The van der Waals surface area contributed by atoms with Gasteiger partial charge in [0.05, 0.1) is 18.7 Å². The fourth-order valence-electron chi connectivity index (χ4n) is 2.17. The van der Waals surface area contributed by atoms with Gasteiger partial charge in [-0.15, -0.1) is 11.6 Å². The highest BCUT2D eigenvalue weighted by Gasteiger charge is 2.55. The predicted molar refractivity (Wildman–Crippen MR) is 80.5 cm³/mol. The van der Waals surface area contributed by atoms with Crippen LogP contribution in [0.3, 0.4) is 0 Å². The van der Waals surface area contributed by atoms with Crippen LogP contribution in [-0.2, 0) is 20.2 Å². The fraction of sp³-hybridized carbons (Fsp3) is 0.400. The zero-order valence-electron chi connectivity index (χ0n) is 12.4. The number of hydrogen-bond acceptors (Lipinski definition) is 4. The first-order chi connectivity index (χ1) is 11.3. The van der Waals surface area contributed by atoms with Gasteiger partial charge in [-0.05, 0) is 24.1 Å². The van der Waals surface area contributed by atoms with Crippen molar-refractivity contribution in [2.45, 2.75) is 24.6 Å². The lowest BCUT2D eigenvalue weighted by atomic mass is 10.0. The minimum absolute atomic E-state index is 0.0153. The number of ether oxygens (including phenoxy) is 1. The molecule has 1 aliphatic heterocycles. The van der Waals surface area contributed by atoms with E-state index in [0.717, 1.165) is 4.90 Å². The van der Waals surface area contributed by atoms with Gasteiger partial charge in [-0.1, -0.05) is 6.07 Å². The quantitative estimate of drug-likeness (QED) is 0.349. The maximum atomic E-state index is 13.1. The number of alkyl halides is 3. The van der Waals surface area contributed by atoms with Gasteiger partial charge in [0.25, 0.3) is 5.91 Å². The fourth-order valence-corrected chi connectivity index (χ4v) is 2.39. The van der Waals surface area contributed by atoms with Crippen molar-refractivity contribution in [2.75, 3.05) is 18.1 Å². The zero-order chi connectivity index (χ0) is 17.9. The van der Waals surface area contributed by atoms with Crippen LogP contribution < -0.4 is 4.90 Å². The van der Waals surface area contributed by atoms with E-state index < -0.39 is 30.3 Å². The number of aliphatic carboxylic acids is 1. The Morgan fingerprint density at radius 2 is 2.08 bits per heavy atom. The second-order valence-electron chi connectivity index (χ2n) is 5.21. The van der Waals surface area contributed by atoms with Crippen molar-refractivity contribution >= 4 is 35.1 Å². The molecule has 1 aliphatic rings. The number of carboxylic acid groups (broad SMARTS) is 1. The molecule has 9 heteroatoms. The number of halogens is 3. The maximum Gasteiger partial charge on any atom is 0.342 e. The molecular formula is C15H14ClF2NO5. The molecule has 0 unspecified atom stereocenters. The molecule has 0 bridgehead atoms. The van der Waals surface area contributed by atoms with Crippen LogP contribution in [0.5, 0.6) is 0 Å². The average molecular weight is 362 g/mol. The molecule has 0 aromatic heterocycles. The number of carbonyl (C=O) groups is 3. The lowest BCUT2D eigenvalue weighted by Crippen LogP contribution is -2.62. The van der Waals surface area contributed by atoms with E-state index >= 15 is 0 Å². The number of carboxylic acids is 1. The Kier molecular flexibility index (Phi) is 5.38. The van der Waals surface area contributed by atoms with E-state index in [1.807, 2.05) is 0 Å². The summed E-state index contributed by atoms with van der Waals surface area (Å²) in [7, 11) is 0. The number of amides is 1. The molecule has 1 fully saturated rings. The Labute approximate surface area is 140 Å². The molecule has 1 heterocycles. The van der Waals surface area contributed by atoms with Crippen molar-refractivity contribution in [2.24, 2.45) is 0 Å². The molecule has 1 aromatic rings. The summed E-state index contributed by atoms with van der Waals surface area (Å²) in [4.78, 5) is 34.6. The minimum atomic E-state index is -3.41. The first-order valence-electron chi connectivity index (χ1n) is 7.04. The maximum absolute atomic E-state index is 13.1. The molecule has 0 spiro atoms. The van der Waals surface area contributed by atoms with Gasteiger partial charge < -0.3 is 14.7 Å². The first kappa shape index (κ1) is 18.1. The Bertz CT molecular complexity index is 680. The number of β-lactam (4-membered cyclic amide) rings is 1. The van der Waals surface area contributed by atoms with Gasteiger partial charge >= 0.3 is 17.9 Å². The lowest BCUT2D eigenvalue weighted by Gasteiger charge is -2.38. The van der Waals surface area contributed by atoms with E-state index in [1.165, 1.54) is 18.2 Å². The van der Waals surface area contributed by atoms with Crippen molar-refractivity contribution < 1.29 is 33.0 Å². The molecule has 0 radical (unpaired) electrons. The molecule has 0 atom stereocenters. The van der Waals surface area contributed by atoms with E-state index in [-0.39, 0.29) is 36.6 Å². The number of esters is 1. The zero-order valence-corrected chi connectivity index (χ0v) is 13.2. The normalized spacial score (nSPS) is 15.8. The highest BCUT2D eigenvalue weighted by atomic mass is 35.5. The van der Waals surface area contributed by atoms with Crippen LogP contribution in [0.2, 0.25) is 0 Å². The van der Waals surface area contributed by atoms with E-state index in [0.29, 0.717) is 5.56 Å². The summed E-state index contributed by atoms with van der Waals surface area (Å²) in [6.45, 7) is -0.856. The van der Waals surface area contributed by atoms with Crippen LogP contribution in [-0.4, -0.2) is 42.0 Å². The van der Waals surface area contributed by atoms with Crippen molar-refractivity contribution in [1.29, 1.82) is 0 Å². The second kappa shape index (κ2) is 7.12. The summed E-state index contributed by atoms with van der Waals surface area (Å²) in [5.41, 5.74) is 0.640. The smallest absolute Gasteiger partial charge is 0.342 e. The van der Waals surface area contributed by atoms with Crippen LogP contribution in [0.25, 0.3) is 0 Å². The molecule has 1 saturated heterocycles. The summed E-state index contributed by atoms with van der Waals surface area (Å²) in [6.07, 6.45) is 0.0194. The van der Waals surface area contributed by atoms with Gasteiger partial charge in [0.2, 0.25) is 0 Å². The Hall–Kier alpha value is -2.22. The molecule has 0 saturated carbocycles. The van der Waals surface area contributed by atoms with Crippen LogP contribution in [0, 0.1) is 0 Å². The molecule has 1 amide bonds. The third kappa shape index (κ3) is 3.81. The molecule has 0 aliphatic carbocycles. The van der Waals surface area contributed by atoms with Crippen molar-refractivity contribution in [1.82, 2.24) is 0 Å². The van der Waals surface area contributed by atoms with E-state index in [1.54, 1.807) is 0 Å². The topological polar surface area (TPSA) is 83.9 Å². The SMILES string of the molecule is O=C(O)CCCOC(=O)c1ccc(CCl)c(N2CC(F)(F)C2=O)c1. The lowest BCUT2D eigenvalue weighted by molar-refractivity contribution is -0.152. The van der Waals surface area contributed by atoms with E-state index in [4.69, 9.17) is 21.4 Å². The van der Waals surface area contributed by atoms with Gasteiger partial charge in [-0.3, -0.25) is 9.59 Å². The van der Waals surface area contributed by atoms with Crippen LogP contribution in [0.1, 0.15) is 28.8 Å². The Balaban J connectivity index is 2.10. The van der Waals surface area contributed by atoms with Crippen molar-refractivity contribution in [3.8, 4) is 0 Å². The van der Waals surface area contributed by atoms with Gasteiger partial charge in [0.15, 0.2) is 0 Å². The second-order valence-corrected chi connectivity index (χ2v) is 5.47. The molecule has 1 aromatic carbocycles. The van der Waals surface area contributed by atoms with Crippen molar-refractivity contribution in [3.63, 3.8) is 0 Å². The summed E-state index contributed by atoms with van der Waals surface area (Å²) in [5.74, 6) is -6.50. The first-order valence-corrected chi connectivity index (χ1v) is 7.57. The van der Waals surface area contributed by atoms with Crippen LogP contribution in [0.4, 0.5) is 14.5 Å². The molecular weight excluding hydrogens is 348 g/mol. The molecule has 24 heavy (non-hydrogen) atoms. The van der Waals surface area contributed by atoms with Crippen LogP contribution >= 0.6 is 11.6 Å². The third-order valence-corrected chi connectivity index (χ3v) is 3.73. The molecule has 2 rings (SSSR count). The van der Waals surface area contributed by atoms with E-state index in [2.05, 4.69) is 0 Å². The Morgan fingerprint density at radius 3 is 2.62 bits per heavy atom. The Morgan fingerprint density at radius 1 is 1.38 bits per heavy atom. The largest absolute Gasteiger partial charge is 0.481 e.